The number of amides is 2. The van der Waals surface area contributed by atoms with Crippen LogP contribution in [-0.4, -0.2) is 54.6 Å². The molecule has 2 fully saturated rings. The minimum absolute atomic E-state index is 0.0210. The van der Waals surface area contributed by atoms with Gasteiger partial charge in [0.2, 0.25) is 11.8 Å². The van der Waals surface area contributed by atoms with Crippen LogP contribution in [0.2, 0.25) is 5.02 Å². The van der Waals surface area contributed by atoms with Gasteiger partial charge in [-0.15, -0.1) is 0 Å². The largest absolute Gasteiger partial charge is 0.326 e. The van der Waals surface area contributed by atoms with Gasteiger partial charge in [0.1, 0.15) is 0 Å². The molecular weight excluding hydrogens is 618 g/mol. The second-order valence-corrected chi connectivity index (χ2v) is 17.5. The number of anilines is 2. The number of hydrogen-bond donors (Lipinski definition) is 2. The van der Waals surface area contributed by atoms with Crippen LogP contribution < -0.4 is 10.6 Å². The molecule has 0 bridgehead atoms. The zero-order valence-electron chi connectivity index (χ0n) is 30.3. The Morgan fingerprint density at radius 3 is 1.90 bits per heavy atom. The molecule has 7 nitrogen and oxygen atoms in total. The Bertz CT molecular complexity index is 1680. The average Bonchev–Trinajstić information content (AvgIpc) is 3.46. The standard InChI is InChI=1S/C40H56ClN5O2/c1-37(2)14-16-39(5,26-37)18-21-42-20-12-34(47)43-28-8-10-30-32(24-28)45-33-25-29(9-11-31(33)36(30)41)44-35(48)13-22-46(7)23-19-40(6)17-15-38(3,4)27-40/h8-11,21,24-25H,12-20,22-23,26-27H2,1-7H3,(H,43,47)(H,44,48). The van der Waals surface area contributed by atoms with Crippen molar-refractivity contribution in [2.75, 3.05) is 37.3 Å². The summed E-state index contributed by atoms with van der Waals surface area (Å²) in [7, 11) is 2.10. The van der Waals surface area contributed by atoms with Gasteiger partial charge in [-0.1, -0.05) is 53.1 Å². The van der Waals surface area contributed by atoms with Crippen molar-refractivity contribution in [3.05, 3.63) is 41.4 Å². The van der Waals surface area contributed by atoms with Crippen LogP contribution in [0.1, 0.15) is 106 Å². The fraction of sp³-hybridized carbons (Fsp3) is 0.600. The summed E-state index contributed by atoms with van der Waals surface area (Å²) in [6, 6.07) is 11.2. The molecule has 48 heavy (non-hydrogen) atoms. The van der Waals surface area contributed by atoms with E-state index in [-0.39, 0.29) is 11.8 Å². The number of aromatic nitrogens is 1. The van der Waals surface area contributed by atoms with Crippen LogP contribution in [0.5, 0.6) is 0 Å². The van der Waals surface area contributed by atoms with Crippen LogP contribution >= 0.6 is 11.6 Å². The molecule has 2 N–H and O–H groups in total. The highest BCUT2D eigenvalue weighted by atomic mass is 35.5. The molecule has 2 saturated carbocycles. The molecule has 2 unspecified atom stereocenters. The molecule has 2 aromatic carbocycles. The minimum Gasteiger partial charge on any atom is -0.326 e. The van der Waals surface area contributed by atoms with E-state index in [1.54, 1.807) is 0 Å². The maximum Gasteiger partial charge on any atom is 0.226 e. The van der Waals surface area contributed by atoms with Gasteiger partial charge in [0, 0.05) is 48.1 Å². The van der Waals surface area contributed by atoms with Crippen molar-refractivity contribution in [1.29, 1.82) is 0 Å². The molecule has 2 aliphatic rings. The minimum atomic E-state index is -0.0843. The SMILES string of the molecule is CN(CCC(=O)Nc1ccc2c(Cl)c3ccc(NC(=O)CCN=CCC4(C)CCC(C)(C)C4)cc3nc2c1)CCC1(C)CCC(C)(C)C1. The number of pyridine rings is 1. The van der Waals surface area contributed by atoms with E-state index in [0.29, 0.717) is 75.0 Å². The first-order valence-electron chi connectivity index (χ1n) is 17.8. The van der Waals surface area contributed by atoms with Gasteiger partial charge in [-0.2, -0.15) is 0 Å². The molecule has 2 amide bonds. The topological polar surface area (TPSA) is 86.7 Å². The van der Waals surface area contributed by atoms with E-state index in [4.69, 9.17) is 16.6 Å². The molecule has 0 saturated heterocycles. The zero-order chi connectivity index (χ0) is 34.7. The van der Waals surface area contributed by atoms with Crippen molar-refractivity contribution >= 4 is 62.8 Å². The van der Waals surface area contributed by atoms with Gasteiger partial charge in [0.05, 0.1) is 16.1 Å². The summed E-state index contributed by atoms with van der Waals surface area (Å²) in [5, 5.41) is 8.25. The van der Waals surface area contributed by atoms with Crippen LogP contribution in [0, 0.1) is 21.7 Å². The van der Waals surface area contributed by atoms with E-state index in [1.807, 2.05) is 42.6 Å². The van der Waals surface area contributed by atoms with Crippen molar-refractivity contribution in [3.8, 4) is 0 Å². The number of fused-ring (bicyclic) bond motifs is 2. The lowest BCUT2D eigenvalue weighted by Gasteiger charge is -2.29. The summed E-state index contributed by atoms with van der Waals surface area (Å²) < 4.78 is 0. The van der Waals surface area contributed by atoms with Crippen molar-refractivity contribution < 1.29 is 9.59 Å². The molecule has 5 rings (SSSR count). The highest BCUT2D eigenvalue weighted by molar-refractivity contribution is 6.40. The first-order valence-corrected chi connectivity index (χ1v) is 18.2. The average molecular weight is 674 g/mol. The molecule has 3 aromatic rings. The third-order valence-electron chi connectivity index (χ3n) is 10.9. The fourth-order valence-electron chi connectivity index (χ4n) is 8.24. The van der Waals surface area contributed by atoms with Gasteiger partial charge >= 0.3 is 0 Å². The van der Waals surface area contributed by atoms with Crippen molar-refractivity contribution in [2.45, 2.75) is 106 Å². The third-order valence-corrected chi connectivity index (χ3v) is 11.3. The van der Waals surface area contributed by atoms with Gasteiger partial charge in [0.25, 0.3) is 0 Å². The molecule has 2 atom stereocenters. The van der Waals surface area contributed by atoms with Crippen LogP contribution in [0.3, 0.4) is 0 Å². The summed E-state index contributed by atoms with van der Waals surface area (Å²) in [5.41, 5.74) is 4.29. The normalized spacial score (nSPS) is 23.4. The lowest BCUT2D eigenvalue weighted by Crippen LogP contribution is -2.28. The fourth-order valence-corrected chi connectivity index (χ4v) is 8.56. The Labute approximate surface area is 292 Å². The third kappa shape index (κ3) is 9.56. The molecule has 260 valence electrons. The summed E-state index contributed by atoms with van der Waals surface area (Å²) >= 11 is 6.81. The van der Waals surface area contributed by atoms with E-state index in [0.717, 1.165) is 30.2 Å². The molecule has 1 heterocycles. The second-order valence-electron chi connectivity index (χ2n) is 17.1. The Morgan fingerprint density at radius 1 is 0.812 bits per heavy atom. The van der Waals surface area contributed by atoms with Crippen LogP contribution in [-0.2, 0) is 9.59 Å². The van der Waals surface area contributed by atoms with Gasteiger partial charge in [-0.05, 0) is 129 Å². The number of nitrogens with zero attached hydrogens (tertiary/aromatic N) is 3. The zero-order valence-corrected chi connectivity index (χ0v) is 31.0. The molecule has 1 aromatic heterocycles. The molecule has 2 aliphatic carbocycles. The van der Waals surface area contributed by atoms with Gasteiger partial charge in [0.15, 0.2) is 0 Å². The Balaban J connectivity index is 1.13. The summed E-state index contributed by atoms with van der Waals surface area (Å²) in [6.45, 7) is 16.4. The first kappa shape index (κ1) is 36.3. The Morgan fingerprint density at radius 2 is 1.35 bits per heavy atom. The molecular formula is C40H56ClN5O2. The predicted octanol–water partition coefficient (Wildman–Crippen LogP) is 9.91. The highest BCUT2D eigenvalue weighted by Gasteiger charge is 2.40. The van der Waals surface area contributed by atoms with Gasteiger partial charge in [-0.25, -0.2) is 4.98 Å². The second kappa shape index (κ2) is 14.4. The van der Waals surface area contributed by atoms with E-state index in [9.17, 15) is 9.59 Å². The van der Waals surface area contributed by atoms with Crippen LogP contribution in [0.4, 0.5) is 11.4 Å². The number of carbonyl (C=O) groups is 2. The lowest BCUT2D eigenvalue weighted by molar-refractivity contribution is -0.117. The molecule has 0 aliphatic heterocycles. The van der Waals surface area contributed by atoms with Crippen LogP contribution in [0.25, 0.3) is 21.8 Å². The number of carbonyl (C=O) groups excluding carboxylic acids is 2. The number of rotatable bonds is 13. The maximum atomic E-state index is 12.9. The Hall–Kier alpha value is -3.03. The van der Waals surface area contributed by atoms with Gasteiger partial charge in [-0.3, -0.25) is 14.6 Å². The summed E-state index contributed by atoms with van der Waals surface area (Å²) in [5.74, 6) is -0.105. The van der Waals surface area contributed by atoms with Crippen molar-refractivity contribution in [2.24, 2.45) is 26.7 Å². The Kier molecular flexibility index (Phi) is 10.9. The smallest absolute Gasteiger partial charge is 0.226 e. The number of hydrogen-bond acceptors (Lipinski definition) is 5. The quantitative estimate of drug-likeness (QED) is 0.140. The number of halogens is 1. The van der Waals surface area contributed by atoms with E-state index in [1.165, 1.54) is 38.5 Å². The maximum absolute atomic E-state index is 12.9. The number of aliphatic imine (C=N–C) groups is 1. The van der Waals surface area contributed by atoms with Gasteiger partial charge < -0.3 is 15.5 Å². The lowest BCUT2D eigenvalue weighted by atomic mass is 9.80. The molecule has 0 radical (unpaired) electrons. The summed E-state index contributed by atoms with van der Waals surface area (Å²) in [4.78, 5) is 37.2. The van der Waals surface area contributed by atoms with E-state index < -0.39 is 0 Å². The van der Waals surface area contributed by atoms with Crippen molar-refractivity contribution in [1.82, 2.24) is 9.88 Å². The first-order chi connectivity index (χ1) is 22.5. The monoisotopic (exact) mass is 673 g/mol. The predicted molar refractivity (Wildman–Crippen MR) is 202 cm³/mol. The highest BCUT2D eigenvalue weighted by Crippen LogP contribution is 2.51. The van der Waals surface area contributed by atoms with Crippen molar-refractivity contribution in [3.63, 3.8) is 0 Å². The molecule has 0 spiro atoms. The van der Waals surface area contributed by atoms with Crippen LogP contribution in [0.15, 0.2) is 41.4 Å². The van der Waals surface area contributed by atoms with E-state index >= 15 is 0 Å². The number of benzene rings is 2. The van der Waals surface area contributed by atoms with E-state index in [2.05, 4.69) is 69.1 Å². The molecule has 8 heteroatoms. The summed E-state index contributed by atoms with van der Waals surface area (Å²) in [6.07, 6.45) is 12.4. The number of nitrogens with one attached hydrogen (secondary N) is 2.